The summed E-state index contributed by atoms with van der Waals surface area (Å²) >= 11 is 3.29. The molecule has 0 saturated heterocycles. The van der Waals surface area contributed by atoms with Crippen LogP contribution in [0.4, 0.5) is 0 Å². The molecule has 26 heavy (non-hydrogen) atoms. The first-order chi connectivity index (χ1) is 12.8. The molecule has 2 aromatic heterocycles. The fourth-order valence-corrected chi connectivity index (χ4v) is 5.35. The Kier molecular flexibility index (Phi) is 5.46. The molecular weight excluding hydrogens is 360 g/mol. The number of nitrogens with zero attached hydrogens (tertiary/aromatic N) is 1. The second-order valence-corrected chi connectivity index (χ2v) is 8.60. The summed E-state index contributed by atoms with van der Waals surface area (Å²) in [5.74, 6) is 0.604. The van der Waals surface area contributed by atoms with Gasteiger partial charge < -0.3 is 5.32 Å². The fraction of sp³-hybridized carbons (Fsp3) is 0.333. The summed E-state index contributed by atoms with van der Waals surface area (Å²) < 4.78 is 0. The lowest BCUT2D eigenvalue weighted by atomic mass is 9.91. The van der Waals surface area contributed by atoms with Crippen molar-refractivity contribution in [1.29, 1.82) is 0 Å². The molecule has 1 atom stereocenters. The largest absolute Gasteiger partial charge is 0.349 e. The first-order valence-electron chi connectivity index (χ1n) is 9.12. The van der Waals surface area contributed by atoms with Gasteiger partial charge in [-0.3, -0.25) is 4.79 Å². The molecule has 1 aliphatic rings. The maximum absolute atomic E-state index is 12.7. The molecule has 4 rings (SSSR count). The van der Waals surface area contributed by atoms with Gasteiger partial charge in [0.2, 0.25) is 5.91 Å². The van der Waals surface area contributed by atoms with Crippen molar-refractivity contribution >= 4 is 28.6 Å². The number of rotatable bonds is 6. The van der Waals surface area contributed by atoms with Crippen LogP contribution in [0.3, 0.4) is 0 Å². The number of thiazole rings is 1. The molecule has 2 heterocycles. The molecule has 0 radical (unpaired) electrons. The average Bonchev–Trinajstić information content (AvgIpc) is 3.41. The molecule has 5 heteroatoms. The summed E-state index contributed by atoms with van der Waals surface area (Å²) in [6, 6.07) is 14.6. The second kappa shape index (κ2) is 8.14. The van der Waals surface area contributed by atoms with Crippen LogP contribution in [0.25, 0.3) is 9.88 Å². The monoisotopic (exact) mass is 382 g/mol. The Morgan fingerprint density at radius 1 is 1.12 bits per heavy atom. The Morgan fingerprint density at radius 3 is 2.65 bits per heavy atom. The van der Waals surface area contributed by atoms with E-state index in [1.807, 2.05) is 17.5 Å². The number of aromatic nitrogens is 1. The summed E-state index contributed by atoms with van der Waals surface area (Å²) in [6.07, 6.45) is 5.26. The number of hydrogen-bond acceptors (Lipinski definition) is 4. The summed E-state index contributed by atoms with van der Waals surface area (Å²) in [5, 5.41) is 8.35. The molecule has 0 spiro atoms. The quantitative estimate of drug-likeness (QED) is 0.615. The molecule has 1 unspecified atom stereocenters. The zero-order chi connectivity index (χ0) is 17.8. The maximum atomic E-state index is 12.7. The predicted molar refractivity (Wildman–Crippen MR) is 108 cm³/mol. The maximum Gasteiger partial charge on any atom is 0.226 e. The van der Waals surface area contributed by atoms with Gasteiger partial charge in [-0.05, 0) is 35.8 Å². The van der Waals surface area contributed by atoms with Crippen molar-refractivity contribution in [1.82, 2.24) is 10.3 Å². The Bertz CT molecular complexity index is 836. The Labute approximate surface area is 162 Å². The molecule has 3 aromatic rings. The van der Waals surface area contributed by atoms with Gasteiger partial charge in [0, 0.05) is 5.38 Å². The lowest BCUT2D eigenvalue weighted by molar-refractivity contribution is -0.121. The minimum Gasteiger partial charge on any atom is -0.349 e. The zero-order valence-electron chi connectivity index (χ0n) is 14.6. The highest BCUT2D eigenvalue weighted by Crippen LogP contribution is 2.35. The molecule has 1 N–H and O–H groups in total. The number of carbonyl (C=O) groups is 1. The molecule has 1 fully saturated rings. The van der Waals surface area contributed by atoms with E-state index in [9.17, 15) is 4.79 Å². The van der Waals surface area contributed by atoms with Crippen LogP contribution in [0.15, 0.2) is 53.2 Å². The molecule has 0 bridgehead atoms. The van der Waals surface area contributed by atoms with Gasteiger partial charge in [0.1, 0.15) is 5.01 Å². The van der Waals surface area contributed by atoms with Crippen LogP contribution < -0.4 is 5.32 Å². The lowest BCUT2D eigenvalue weighted by Gasteiger charge is -2.25. The van der Waals surface area contributed by atoms with Crippen LogP contribution >= 0.6 is 22.7 Å². The fourth-order valence-electron chi connectivity index (χ4n) is 3.72. The van der Waals surface area contributed by atoms with E-state index in [-0.39, 0.29) is 11.9 Å². The van der Waals surface area contributed by atoms with Crippen LogP contribution in [0, 0.1) is 5.92 Å². The van der Waals surface area contributed by atoms with Crippen molar-refractivity contribution in [2.45, 2.75) is 38.1 Å². The number of nitrogens with one attached hydrogen (secondary N) is 1. The van der Waals surface area contributed by atoms with Gasteiger partial charge >= 0.3 is 0 Å². The Balaban J connectivity index is 1.45. The molecular formula is C21H22N2OS2. The number of benzene rings is 1. The number of amides is 1. The van der Waals surface area contributed by atoms with Crippen molar-refractivity contribution in [2.24, 2.45) is 5.92 Å². The highest BCUT2D eigenvalue weighted by Gasteiger charge is 2.27. The standard InChI is InChI=1S/C21H22N2OS2/c24-19(13-17-14-26-21(22-17)18-11-6-12-25-18)23-20(16-9-4-5-10-16)15-7-2-1-3-8-15/h1-3,6-8,11-12,14,16,20H,4-5,9-10,13H2,(H,23,24). The van der Waals surface area contributed by atoms with Gasteiger partial charge in [-0.25, -0.2) is 4.98 Å². The summed E-state index contributed by atoms with van der Waals surface area (Å²) in [7, 11) is 0. The van der Waals surface area contributed by atoms with E-state index in [0.29, 0.717) is 12.3 Å². The third kappa shape index (κ3) is 4.05. The minimum atomic E-state index is 0.0637. The summed E-state index contributed by atoms with van der Waals surface area (Å²) in [6.45, 7) is 0. The molecule has 1 amide bonds. The van der Waals surface area contributed by atoms with Crippen LogP contribution in [0.2, 0.25) is 0 Å². The van der Waals surface area contributed by atoms with Crippen LogP contribution in [0.5, 0.6) is 0 Å². The van der Waals surface area contributed by atoms with Crippen molar-refractivity contribution in [2.75, 3.05) is 0 Å². The summed E-state index contributed by atoms with van der Waals surface area (Å²) in [4.78, 5) is 18.5. The van der Waals surface area contributed by atoms with Crippen molar-refractivity contribution < 1.29 is 4.79 Å². The molecule has 1 saturated carbocycles. The second-order valence-electron chi connectivity index (χ2n) is 6.80. The molecule has 3 nitrogen and oxygen atoms in total. The summed E-state index contributed by atoms with van der Waals surface area (Å²) in [5.41, 5.74) is 2.07. The van der Waals surface area contributed by atoms with Gasteiger partial charge in [0.05, 0.1) is 23.0 Å². The zero-order valence-corrected chi connectivity index (χ0v) is 16.2. The lowest BCUT2D eigenvalue weighted by Crippen LogP contribution is -2.33. The Morgan fingerprint density at radius 2 is 1.92 bits per heavy atom. The first kappa shape index (κ1) is 17.4. The van der Waals surface area contributed by atoms with Crippen molar-refractivity contribution in [3.63, 3.8) is 0 Å². The third-order valence-electron chi connectivity index (χ3n) is 4.97. The van der Waals surface area contributed by atoms with Crippen LogP contribution in [-0.4, -0.2) is 10.9 Å². The van der Waals surface area contributed by atoms with E-state index in [4.69, 9.17) is 0 Å². The van der Waals surface area contributed by atoms with E-state index in [0.717, 1.165) is 15.6 Å². The van der Waals surface area contributed by atoms with Gasteiger partial charge in [0.25, 0.3) is 0 Å². The van der Waals surface area contributed by atoms with Crippen molar-refractivity contribution in [3.8, 4) is 9.88 Å². The number of hydrogen-bond donors (Lipinski definition) is 1. The molecule has 1 aromatic carbocycles. The van der Waals surface area contributed by atoms with E-state index in [2.05, 4.69) is 46.0 Å². The predicted octanol–water partition coefficient (Wildman–Crippen LogP) is 5.46. The van der Waals surface area contributed by atoms with E-state index >= 15 is 0 Å². The number of carbonyl (C=O) groups excluding carboxylic acids is 1. The minimum absolute atomic E-state index is 0.0637. The van der Waals surface area contributed by atoms with Gasteiger partial charge in [-0.15, -0.1) is 22.7 Å². The normalized spacial score (nSPS) is 15.8. The van der Waals surface area contributed by atoms with Crippen LogP contribution in [-0.2, 0) is 11.2 Å². The highest BCUT2D eigenvalue weighted by atomic mass is 32.1. The average molecular weight is 383 g/mol. The van der Waals surface area contributed by atoms with E-state index in [1.54, 1.807) is 22.7 Å². The third-order valence-corrected chi connectivity index (χ3v) is 6.90. The first-order valence-corrected chi connectivity index (χ1v) is 10.9. The van der Waals surface area contributed by atoms with Gasteiger partial charge in [0.15, 0.2) is 0 Å². The number of thiophene rings is 1. The molecule has 1 aliphatic carbocycles. The topological polar surface area (TPSA) is 42.0 Å². The van der Waals surface area contributed by atoms with Gasteiger partial charge in [-0.2, -0.15) is 0 Å². The van der Waals surface area contributed by atoms with Gasteiger partial charge in [-0.1, -0.05) is 49.2 Å². The highest BCUT2D eigenvalue weighted by molar-refractivity contribution is 7.20. The smallest absolute Gasteiger partial charge is 0.226 e. The van der Waals surface area contributed by atoms with E-state index < -0.39 is 0 Å². The Hall–Kier alpha value is -1.98. The molecule has 0 aliphatic heterocycles. The molecule has 134 valence electrons. The SMILES string of the molecule is O=C(Cc1csc(-c2cccs2)n1)NC(c1ccccc1)C1CCCC1. The van der Waals surface area contributed by atoms with Crippen molar-refractivity contribution in [3.05, 3.63) is 64.5 Å². The van der Waals surface area contributed by atoms with E-state index in [1.165, 1.54) is 31.2 Å². The van der Waals surface area contributed by atoms with Crippen LogP contribution in [0.1, 0.15) is 43.0 Å².